The Bertz CT molecular complexity index is 770. The van der Waals surface area contributed by atoms with Crippen LogP contribution in [-0.2, 0) is 6.54 Å². The van der Waals surface area contributed by atoms with Crippen LogP contribution in [-0.4, -0.2) is 4.98 Å². The molecule has 0 amide bonds. The number of aromatic nitrogens is 1. The van der Waals surface area contributed by atoms with Crippen molar-refractivity contribution in [3.63, 3.8) is 0 Å². The van der Waals surface area contributed by atoms with Crippen molar-refractivity contribution in [2.24, 2.45) is 5.41 Å². The van der Waals surface area contributed by atoms with Gasteiger partial charge in [0.05, 0.1) is 10.6 Å². The standard InChI is InChI=1S/C20H24N2OS/c1-14-16(22-19(23-14)17-11-8-12-24-17)13-21-18(20(2,3)4)15-9-6-5-7-10-15/h5-12,18,21H,13H2,1-4H3. The van der Waals surface area contributed by atoms with Crippen LogP contribution in [0.1, 0.15) is 43.8 Å². The zero-order chi connectivity index (χ0) is 17.2. The maximum atomic E-state index is 5.84. The molecule has 4 heteroatoms. The Morgan fingerprint density at radius 1 is 1.12 bits per heavy atom. The molecule has 1 atom stereocenters. The number of hydrogen-bond acceptors (Lipinski definition) is 4. The fourth-order valence-corrected chi connectivity index (χ4v) is 3.51. The topological polar surface area (TPSA) is 38.1 Å². The molecule has 0 bridgehead atoms. The molecule has 0 radical (unpaired) electrons. The van der Waals surface area contributed by atoms with E-state index in [1.165, 1.54) is 5.56 Å². The molecule has 2 aromatic heterocycles. The molecular formula is C20H24N2OS. The summed E-state index contributed by atoms with van der Waals surface area (Å²) in [7, 11) is 0. The average Bonchev–Trinajstić information content (AvgIpc) is 3.17. The van der Waals surface area contributed by atoms with Gasteiger partial charge in [-0.3, -0.25) is 0 Å². The summed E-state index contributed by atoms with van der Waals surface area (Å²) in [6.45, 7) is 9.44. The number of nitrogens with zero attached hydrogens (tertiary/aromatic N) is 1. The van der Waals surface area contributed by atoms with Gasteiger partial charge in [0, 0.05) is 12.6 Å². The van der Waals surface area contributed by atoms with Gasteiger partial charge in [-0.25, -0.2) is 4.98 Å². The van der Waals surface area contributed by atoms with Crippen molar-refractivity contribution in [2.45, 2.75) is 40.3 Å². The molecule has 0 spiro atoms. The fourth-order valence-electron chi connectivity index (χ4n) is 2.87. The summed E-state index contributed by atoms with van der Waals surface area (Å²) in [5.74, 6) is 1.60. The fraction of sp³-hybridized carbons (Fsp3) is 0.350. The zero-order valence-corrected chi connectivity index (χ0v) is 15.5. The molecule has 24 heavy (non-hydrogen) atoms. The summed E-state index contributed by atoms with van der Waals surface area (Å²) in [5.41, 5.74) is 2.38. The third kappa shape index (κ3) is 3.77. The first-order valence-corrected chi connectivity index (χ1v) is 9.11. The quantitative estimate of drug-likeness (QED) is 0.658. The number of hydrogen-bond donors (Lipinski definition) is 1. The molecule has 3 aromatic rings. The van der Waals surface area contributed by atoms with Crippen LogP contribution in [0.3, 0.4) is 0 Å². The zero-order valence-electron chi connectivity index (χ0n) is 14.7. The van der Waals surface area contributed by atoms with E-state index in [1.807, 2.05) is 24.4 Å². The van der Waals surface area contributed by atoms with Crippen molar-refractivity contribution in [1.29, 1.82) is 0 Å². The van der Waals surface area contributed by atoms with E-state index in [2.05, 4.69) is 61.4 Å². The third-order valence-electron chi connectivity index (χ3n) is 4.10. The van der Waals surface area contributed by atoms with Crippen LogP contribution < -0.4 is 5.32 Å². The summed E-state index contributed by atoms with van der Waals surface area (Å²) in [6, 6.07) is 14.9. The molecular weight excluding hydrogens is 316 g/mol. The summed E-state index contributed by atoms with van der Waals surface area (Å²) in [5, 5.41) is 5.71. The van der Waals surface area contributed by atoms with E-state index in [1.54, 1.807) is 11.3 Å². The van der Waals surface area contributed by atoms with Crippen molar-refractivity contribution in [3.8, 4) is 10.8 Å². The number of thiophene rings is 1. The second-order valence-corrected chi connectivity index (χ2v) is 8.04. The molecule has 0 aliphatic heterocycles. The number of rotatable bonds is 5. The monoisotopic (exact) mass is 340 g/mol. The van der Waals surface area contributed by atoms with E-state index < -0.39 is 0 Å². The minimum absolute atomic E-state index is 0.107. The molecule has 0 aliphatic carbocycles. The van der Waals surface area contributed by atoms with E-state index in [4.69, 9.17) is 4.42 Å². The first kappa shape index (κ1) is 16.9. The van der Waals surface area contributed by atoms with E-state index in [9.17, 15) is 0 Å². The molecule has 126 valence electrons. The second kappa shape index (κ2) is 6.91. The highest BCUT2D eigenvalue weighted by Crippen LogP contribution is 2.33. The van der Waals surface area contributed by atoms with Crippen molar-refractivity contribution in [2.75, 3.05) is 0 Å². The van der Waals surface area contributed by atoms with Crippen LogP contribution in [0.5, 0.6) is 0 Å². The lowest BCUT2D eigenvalue weighted by Crippen LogP contribution is -2.32. The van der Waals surface area contributed by atoms with Crippen molar-refractivity contribution in [1.82, 2.24) is 10.3 Å². The van der Waals surface area contributed by atoms with E-state index >= 15 is 0 Å². The van der Waals surface area contributed by atoms with E-state index in [0.29, 0.717) is 12.4 Å². The molecule has 0 saturated heterocycles. The van der Waals surface area contributed by atoms with Gasteiger partial charge >= 0.3 is 0 Å². The van der Waals surface area contributed by atoms with Crippen LogP contribution in [0.25, 0.3) is 10.8 Å². The van der Waals surface area contributed by atoms with E-state index in [0.717, 1.165) is 16.3 Å². The highest BCUT2D eigenvalue weighted by Gasteiger charge is 2.26. The van der Waals surface area contributed by atoms with Crippen LogP contribution in [0.4, 0.5) is 0 Å². The van der Waals surface area contributed by atoms with Crippen LogP contribution >= 0.6 is 11.3 Å². The Morgan fingerprint density at radius 2 is 1.88 bits per heavy atom. The number of benzene rings is 1. The van der Waals surface area contributed by atoms with Crippen LogP contribution in [0.15, 0.2) is 52.3 Å². The molecule has 0 saturated carbocycles. The van der Waals surface area contributed by atoms with Crippen molar-refractivity contribution in [3.05, 3.63) is 64.9 Å². The highest BCUT2D eigenvalue weighted by molar-refractivity contribution is 7.13. The first-order chi connectivity index (χ1) is 11.4. The predicted octanol–water partition coefficient (Wildman–Crippen LogP) is 5.59. The van der Waals surface area contributed by atoms with E-state index in [-0.39, 0.29) is 11.5 Å². The Hall–Kier alpha value is -1.91. The minimum Gasteiger partial charge on any atom is -0.440 e. The van der Waals surface area contributed by atoms with Gasteiger partial charge < -0.3 is 9.73 Å². The van der Waals surface area contributed by atoms with Crippen molar-refractivity contribution < 1.29 is 4.42 Å². The molecule has 0 aliphatic rings. The molecule has 3 nitrogen and oxygen atoms in total. The minimum atomic E-state index is 0.107. The maximum absolute atomic E-state index is 5.84. The van der Waals surface area contributed by atoms with Crippen molar-refractivity contribution >= 4 is 11.3 Å². The average molecular weight is 340 g/mol. The van der Waals surface area contributed by atoms with Gasteiger partial charge in [-0.2, -0.15) is 0 Å². The SMILES string of the molecule is Cc1oc(-c2cccs2)nc1CNC(c1ccccc1)C(C)(C)C. The second-order valence-electron chi connectivity index (χ2n) is 7.09. The largest absolute Gasteiger partial charge is 0.440 e. The number of oxazole rings is 1. The predicted molar refractivity (Wildman–Crippen MR) is 100 cm³/mol. The molecule has 1 aromatic carbocycles. The summed E-state index contributed by atoms with van der Waals surface area (Å²) in [4.78, 5) is 5.75. The maximum Gasteiger partial charge on any atom is 0.236 e. The van der Waals surface area contributed by atoms with Crippen LogP contribution in [0.2, 0.25) is 0 Å². The Balaban J connectivity index is 1.78. The van der Waals surface area contributed by atoms with Crippen LogP contribution in [0, 0.1) is 12.3 Å². The van der Waals surface area contributed by atoms with Gasteiger partial charge in [0.15, 0.2) is 0 Å². The summed E-state index contributed by atoms with van der Waals surface area (Å²) in [6.07, 6.45) is 0. The Labute approximate surface area is 147 Å². The summed E-state index contributed by atoms with van der Waals surface area (Å²) < 4.78 is 5.84. The lowest BCUT2D eigenvalue weighted by molar-refractivity contribution is 0.270. The van der Waals surface area contributed by atoms with Gasteiger partial charge in [-0.1, -0.05) is 57.2 Å². The van der Waals surface area contributed by atoms with Gasteiger partial charge in [0.25, 0.3) is 0 Å². The molecule has 3 rings (SSSR count). The molecule has 1 unspecified atom stereocenters. The third-order valence-corrected chi connectivity index (χ3v) is 4.96. The van der Waals surface area contributed by atoms with Gasteiger partial charge in [-0.05, 0) is 29.3 Å². The molecule has 1 N–H and O–H groups in total. The molecule has 2 heterocycles. The number of aryl methyl sites for hydroxylation is 1. The normalized spacial score (nSPS) is 13.2. The lowest BCUT2D eigenvalue weighted by Gasteiger charge is -2.32. The Morgan fingerprint density at radius 3 is 2.50 bits per heavy atom. The molecule has 0 fully saturated rings. The number of nitrogens with one attached hydrogen (secondary N) is 1. The van der Waals surface area contributed by atoms with Gasteiger partial charge in [-0.15, -0.1) is 11.3 Å². The lowest BCUT2D eigenvalue weighted by atomic mass is 9.82. The summed E-state index contributed by atoms with van der Waals surface area (Å²) >= 11 is 1.65. The highest BCUT2D eigenvalue weighted by atomic mass is 32.1. The van der Waals surface area contributed by atoms with Gasteiger partial charge in [0.2, 0.25) is 5.89 Å². The first-order valence-electron chi connectivity index (χ1n) is 8.23. The Kier molecular flexibility index (Phi) is 4.88. The van der Waals surface area contributed by atoms with Gasteiger partial charge in [0.1, 0.15) is 5.76 Å². The smallest absolute Gasteiger partial charge is 0.236 e.